The highest BCUT2D eigenvalue weighted by molar-refractivity contribution is 7.70. The normalized spacial score (nSPS) is 16.8. The molecule has 10 rings (SSSR count). The monoisotopic (exact) mass is 1180 g/mol. The van der Waals surface area contributed by atoms with Crippen molar-refractivity contribution in [3.63, 3.8) is 0 Å². The lowest BCUT2D eigenvalue weighted by molar-refractivity contribution is -0.384. The molecule has 0 unspecified atom stereocenters. The molecule has 5 heterocycles. The van der Waals surface area contributed by atoms with E-state index in [2.05, 4.69) is 51.4 Å². The number of ether oxygens (including phenoxy) is 1. The lowest BCUT2D eigenvalue weighted by Gasteiger charge is -2.51. The second-order valence-electron chi connectivity index (χ2n) is 23.2. The van der Waals surface area contributed by atoms with E-state index in [0.717, 1.165) is 64.7 Å². The van der Waals surface area contributed by atoms with Gasteiger partial charge in [0, 0.05) is 73.4 Å². The summed E-state index contributed by atoms with van der Waals surface area (Å²) in [5.41, 5.74) is 3.36. The molecule has 25 heteroatoms. The van der Waals surface area contributed by atoms with Crippen LogP contribution in [0.15, 0.2) is 97.3 Å². The molecule has 428 valence electrons. The molecule has 0 bridgehead atoms. The zero-order valence-electron chi connectivity index (χ0n) is 46.3. The average molecular weight is 1180 g/mol. The third-order valence-corrected chi connectivity index (χ3v) is 18.9. The predicted molar refractivity (Wildman–Crippen MR) is 324 cm³/mol. The van der Waals surface area contributed by atoms with Crippen LogP contribution in [-0.2, 0) is 18.7 Å². The average Bonchev–Trinajstić information content (AvgIpc) is 3.52. The maximum atomic E-state index is 12.8. The standard InChI is InChI=1S/C31H38ClN6O5P.C25H29ClN7O3P/c1-30(2,3)43-28(39)20-17-31(18-20)12-14-37(15-13-31)24-11-10-21(16-25(24)38(40)41)34-29-33-19-22(32)27(36-29)35-23-8-6-7-9-26(23)44(4,5)42;1-37(2,36)22-6-4-3-5-19(22)30-23-18(26)14-28-24(31-23)29-17-7-8-20(21(13-17)33(34)35)32-11-9-25(10-12-32)15-27-16-25/h6-11,16,19-20H,12-15,17-18H2,1-5H3,(H2,33,34,35,36);3-8,13-14,27H,9-12,15-16H2,1-2H3,(H2,28,29,30,31). The largest absolute Gasteiger partial charge is 0.460 e. The number of hydrogen-bond donors (Lipinski definition) is 5. The Morgan fingerprint density at radius 3 is 1.43 bits per heavy atom. The minimum Gasteiger partial charge on any atom is -0.460 e. The highest BCUT2D eigenvalue weighted by atomic mass is 35.5. The molecule has 2 spiro atoms. The Balaban J connectivity index is 0.000000198. The van der Waals surface area contributed by atoms with Crippen LogP contribution in [0, 0.1) is 37.0 Å². The van der Waals surface area contributed by atoms with E-state index in [0.29, 0.717) is 74.9 Å². The molecule has 0 radical (unpaired) electrons. The van der Waals surface area contributed by atoms with Gasteiger partial charge in [-0.3, -0.25) is 25.0 Å². The van der Waals surface area contributed by atoms with Crippen molar-refractivity contribution in [2.45, 2.75) is 64.9 Å². The third-order valence-electron chi connectivity index (χ3n) is 15.2. The molecular weight excluding hydrogens is 1120 g/mol. The van der Waals surface area contributed by atoms with Crippen molar-refractivity contribution in [2.24, 2.45) is 16.7 Å². The highest BCUT2D eigenvalue weighted by Gasteiger charge is 2.50. The maximum Gasteiger partial charge on any atom is 0.309 e. The van der Waals surface area contributed by atoms with Crippen LogP contribution in [0.2, 0.25) is 10.0 Å². The summed E-state index contributed by atoms with van der Waals surface area (Å²) in [4.78, 5) is 57.4. The molecule has 3 aliphatic heterocycles. The molecule has 2 aromatic heterocycles. The summed E-state index contributed by atoms with van der Waals surface area (Å²) in [7, 11) is -5.12. The summed E-state index contributed by atoms with van der Waals surface area (Å²) in [6.45, 7) is 17.4. The first-order valence-electron chi connectivity index (χ1n) is 26.7. The van der Waals surface area contributed by atoms with E-state index in [1.54, 1.807) is 63.1 Å². The van der Waals surface area contributed by atoms with Gasteiger partial charge in [-0.25, -0.2) is 9.97 Å². The van der Waals surface area contributed by atoms with Crippen LogP contribution in [0.3, 0.4) is 0 Å². The molecule has 4 aromatic carbocycles. The van der Waals surface area contributed by atoms with Crippen LogP contribution in [0.5, 0.6) is 0 Å². The molecule has 1 aliphatic carbocycles. The number of nitro benzene ring substituents is 2. The molecule has 0 amide bonds. The third kappa shape index (κ3) is 14.1. The number of anilines is 10. The molecule has 3 saturated heterocycles. The number of rotatable bonds is 15. The quantitative estimate of drug-likeness (QED) is 0.0277. The van der Waals surface area contributed by atoms with Crippen molar-refractivity contribution in [1.29, 1.82) is 0 Å². The SMILES string of the molecule is CC(C)(C)OC(=O)C1CC2(CCN(c3ccc(Nc4ncc(Cl)c(Nc5ccccc5P(C)(C)=O)n4)cc3[N+](=O)[O-])CC2)C1.CP(C)(=O)c1ccccc1Nc1nc(Nc2ccc(N3CCC4(CC3)CNC4)c([N+](=O)[O-])c2)ncc1Cl. The van der Waals surface area contributed by atoms with Crippen LogP contribution in [0.25, 0.3) is 0 Å². The summed E-state index contributed by atoms with van der Waals surface area (Å²) in [6.07, 6.45) is 8.28. The van der Waals surface area contributed by atoms with Crippen molar-refractivity contribution in [2.75, 3.05) is 97.0 Å². The highest BCUT2D eigenvalue weighted by Crippen LogP contribution is 2.54. The number of nitrogens with one attached hydrogen (secondary N) is 5. The number of para-hydroxylation sites is 2. The zero-order valence-corrected chi connectivity index (χ0v) is 49.6. The van der Waals surface area contributed by atoms with Crippen LogP contribution < -0.4 is 47.0 Å². The van der Waals surface area contributed by atoms with Crippen molar-refractivity contribution in [3.8, 4) is 0 Å². The Bertz CT molecular complexity index is 3450. The zero-order chi connectivity index (χ0) is 58.1. The van der Waals surface area contributed by atoms with Gasteiger partial charge in [-0.15, -0.1) is 0 Å². The number of carbonyl (C=O) groups excluding carboxylic acids is 1. The number of hydrogen-bond acceptors (Lipinski definition) is 19. The van der Waals surface area contributed by atoms with Gasteiger partial charge < -0.3 is 50.3 Å². The van der Waals surface area contributed by atoms with E-state index in [1.807, 2.05) is 62.1 Å². The Morgan fingerprint density at radius 1 is 0.654 bits per heavy atom. The van der Waals surface area contributed by atoms with Gasteiger partial charge >= 0.3 is 5.97 Å². The van der Waals surface area contributed by atoms with E-state index in [4.69, 9.17) is 27.9 Å². The molecule has 21 nitrogen and oxygen atoms in total. The van der Waals surface area contributed by atoms with Crippen molar-refractivity contribution in [1.82, 2.24) is 25.3 Å². The van der Waals surface area contributed by atoms with E-state index in [-0.39, 0.29) is 60.5 Å². The Morgan fingerprint density at radius 2 is 1.06 bits per heavy atom. The van der Waals surface area contributed by atoms with Gasteiger partial charge in [0.25, 0.3) is 11.4 Å². The molecule has 4 aliphatic rings. The number of halogens is 2. The van der Waals surface area contributed by atoms with Gasteiger partial charge in [0.15, 0.2) is 11.6 Å². The number of aromatic nitrogens is 4. The van der Waals surface area contributed by atoms with Crippen molar-refractivity contribution in [3.05, 3.63) is 128 Å². The van der Waals surface area contributed by atoms with Gasteiger partial charge in [-0.05, 0) is 145 Å². The minimum atomic E-state index is -2.58. The first-order valence-corrected chi connectivity index (χ1v) is 32.6. The number of piperidine rings is 2. The van der Waals surface area contributed by atoms with E-state index >= 15 is 0 Å². The lowest BCUT2D eigenvalue weighted by atomic mass is 9.57. The van der Waals surface area contributed by atoms with Gasteiger partial charge in [0.1, 0.15) is 41.3 Å². The molecule has 81 heavy (non-hydrogen) atoms. The van der Waals surface area contributed by atoms with E-state index < -0.39 is 19.9 Å². The molecule has 4 fully saturated rings. The number of benzene rings is 4. The first kappa shape index (κ1) is 58.8. The first-order chi connectivity index (χ1) is 38.3. The van der Waals surface area contributed by atoms with Crippen molar-refractivity contribution >= 4 is 123 Å². The van der Waals surface area contributed by atoms with Crippen LogP contribution >= 0.6 is 37.5 Å². The van der Waals surface area contributed by atoms with Crippen LogP contribution in [-0.4, -0.2) is 107 Å². The molecule has 6 aromatic rings. The fraction of sp³-hybridized carbons (Fsp3) is 0.411. The minimum absolute atomic E-state index is 0.0194. The van der Waals surface area contributed by atoms with Gasteiger partial charge in [0.05, 0.1) is 39.5 Å². The Kier molecular flexibility index (Phi) is 17.1. The number of nitro groups is 2. The van der Waals surface area contributed by atoms with Crippen LogP contribution in [0.1, 0.15) is 59.3 Å². The Labute approximate surface area is 480 Å². The Hall–Kier alpha value is -6.89. The second kappa shape index (κ2) is 23.5. The molecule has 0 atom stereocenters. The number of carbonyl (C=O) groups is 1. The number of esters is 1. The van der Waals surface area contributed by atoms with Gasteiger partial charge in [-0.2, -0.15) is 9.97 Å². The maximum absolute atomic E-state index is 12.8. The fourth-order valence-electron chi connectivity index (χ4n) is 10.9. The summed E-state index contributed by atoms with van der Waals surface area (Å²) in [5.74, 6) is 0.856. The van der Waals surface area contributed by atoms with Gasteiger partial charge in [-0.1, -0.05) is 47.5 Å². The summed E-state index contributed by atoms with van der Waals surface area (Å²) >= 11 is 12.7. The number of nitrogens with zero attached hydrogens (tertiary/aromatic N) is 8. The smallest absolute Gasteiger partial charge is 0.309 e. The summed E-state index contributed by atoms with van der Waals surface area (Å²) in [6, 6.07) is 24.6. The summed E-state index contributed by atoms with van der Waals surface area (Å²) < 4.78 is 31.1. The molecular formula is C56H67Cl2N13O8P2. The fourth-order valence-corrected chi connectivity index (χ4v) is 13.5. The van der Waals surface area contributed by atoms with E-state index in [1.165, 1.54) is 24.5 Å². The summed E-state index contributed by atoms with van der Waals surface area (Å²) in [5, 5.41) is 41.7. The van der Waals surface area contributed by atoms with Crippen molar-refractivity contribution < 1.29 is 28.5 Å². The topological polar surface area (TPSA) is 265 Å². The lowest BCUT2D eigenvalue weighted by Crippen LogP contribution is -2.58. The molecule has 1 saturated carbocycles. The van der Waals surface area contributed by atoms with Crippen LogP contribution in [0.4, 0.5) is 69.0 Å². The molecule has 5 N–H and O–H groups in total. The van der Waals surface area contributed by atoms with Gasteiger partial charge in [0.2, 0.25) is 11.9 Å². The predicted octanol–water partition coefficient (Wildman–Crippen LogP) is 12.1. The second-order valence-corrected chi connectivity index (χ2v) is 30.3. The van der Waals surface area contributed by atoms with E-state index in [9.17, 15) is 34.2 Å².